The highest BCUT2D eigenvalue weighted by atomic mass is 32.1. The number of likely N-dealkylation sites (tertiary alicyclic amines) is 1. The summed E-state index contributed by atoms with van der Waals surface area (Å²) in [4.78, 5) is 4.23. The first-order valence-corrected chi connectivity index (χ1v) is 8.26. The number of hydrogen-bond acceptors (Lipinski definition) is 3. The fourth-order valence-electron chi connectivity index (χ4n) is 2.94. The predicted octanol–water partition coefficient (Wildman–Crippen LogP) is 3.03. The molecule has 2 nitrogen and oxygen atoms in total. The van der Waals surface area contributed by atoms with Gasteiger partial charge >= 0.3 is 0 Å². The molecule has 1 atom stereocenters. The van der Waals surface area contributed by atoms with Gasteiger partial charge in [0.1, 0.15) is 0 Å². The van der Waals surface area contributed by atoms with Crippen molar-refractivity contribution >= 4 is 11.3 Å². The Balaban J connectivity index is 1.55. The van der Waals surface area contributed by atoms with Crippen molar-refractivity contribution in [2.45, 2.75) is 57.7 Å². The van der Waals surface area contributed by atoms with E-state index in [9.17, 15) is 0 Å². The van der Waals surface area contributed by atoms with Gasteiger partial charge in [-0.15, -0.1) is 11.3 Å². The van der Waals surface area contributed by atoms with Gasteiger partial charge in [-0.25, -0.2) is 0 Å². The Morgan fingerprint density at radius 2 is 2.22 bits per heavy atom. The highest BCUT2D eigenvalue weighted by Crippen LogP contribution is 2.24. The summed E-state index contributed by atoms with van der Waals surface area (Å²) in [6.45, 7) is 5.96. The van der Waals surface area contributed by atoms with Crippen LogP contribution in [0.4, 0.5) is 0 Å². The van der Waals surface area contributed by atoms with Crippen LogP contribution in [0, 0.1) is 0 Å². The molecule has 0 radical (unpaired) electrons. The van der Waals surface area contributed by atoms with E-state index in [0.29, 0.717) is 0 Å². The molecule has 1 unspecified atom stereocenters. The Morgan fingerprint density at radius 1 is 1.33 bits per heavy atom. The number of hydrogen-bond donors (Lipinski definition) is 1. The fourth-order valence-corrected chi connectivity index (χ4v) is 3.96. The standard InChI is InChI=1S/C15H24N2S/c1-2-12-7-9-18-15(12)11-17-8-3-4-14(10-17)16-13-5-6-13/h7,9,13-14,16H,2-6,8,10-11H2,1H3. The smallest absolute Gasteiger partial charge is 0.0331 e. The molecule has 1 N–H and O–H groups in total. The molecule has 0 bridgehead atoms. The highest BCUT2D eigenvalue weighted by molar-refractivity contribution is 7.10. The van der Waals surface area contributed by atoms with E-state index in [1.54, 1.807) is 10.4 Å². The quantitative estimate of drug-likeness (QED) is 0.879. The first kappa shape index (κ1) is 12.6. The average molecular weight is 264 g/mol. The second-order valence-electron chi connectivity index (χ2n) is 5.74. The van der Waals surface area contributed by atoms with Crippen LogP contribution in [0.5, 0.6) is 0 Å². The maximum Gasteiger partial charge on any atom is 0.0331 e. The van der Waals surface area contributed by atoms with Gasteiger partial charge in [0.25, 0.3) is 0 Å². The molecule has 100 valence electrons. The van der Waals surface area contributed by atoms with Gasteiger partial charge in [-0.1, -0.05) is 6.92 Å². The van der Waals surface area contributed by atoms with Crippen molar-refractivity contribution in [3.8, 4) is 0 Å². The molecule has 0 aromatic carbocycles. The molecule has 0 spiro atoms. The summed E-state index contributed by atoms with van der Waals surface area (Å²) in [6, 6.07) is 3.89. The third kappa shape index (κ3) is 3.14. The summed E-state index contributed by atoms with van der Waals surface area (Å²) in [5.41, 5.74) is 1.55. The van der Waals surface area contributed by atoms with Gasteiger partial charge < -0.3 is 5.32 Å². The summed E-state index contributed by atoms with van der Waals surface area (Å²) in [5, 5.41) is 6.04. The zero-order valence-corrected chi connectivity index (χ0v) is 12.1. The van der Waals surface area contributed by atoms with Crippen LogP contribution < -0.4 is 5.32 Å². The lowest BCUT2D eigenvalue weighted by Crippen LogP contribution is -2.46. The third-order valence-electron chi connectivity index (χ3n) is 4.14. The van der Waals surface area contributed by atoms with Crippen LogP contribution in [-0.4, -0.2) is 30.1 Å². The van der Waals surface area contributed by atoms with E-state index in [0.717, 1.165) is 12.1 Å². The van der Waals surface area contributed by atoms with Gasteiger partial charge in [0.15, 0.2) is 0 Å². The van der Waals surface area contributed by atoms with E-state index in [1.807, 2.05) is 11.3 Å². The summed E-state index contributed by atoms with van der Waals surface area (Å²) in [5.74, 6) is 0. The first-order chi connectivity index (χ1) is 8.85. The molecule has 0 amide bonds. The third-order valence-corrected chi connectivity index (χ3v) is 5.09. The van der Waals surface area contributed by atoms with Crippen LogP contribution in [0.2, 0.25) is 0 Å². The minimum atomic E-state index is 0.747. The Kier molecular flexibility index (Phi) is 4.02. The molecule has 2 heterocycles. The molecule has 1 aromatic heterocycles. The second-order valence-corrected chi connectivity index (χ2v) is 6.74. The molecule has 1 aliphatic carbocycles. The number of thiophene rings is 1. The van der Waals surface area contributed by atoms with Gasteiger partial charge in [-0.05, 0) is 55.7 Å². The molecule has 2 aliphatic rings. The molecule has 1 saturated heterocycles. The number of piperidine rings is 1. The summed E-state index contributed by atoms with van der Waals surface area (Å²) >= 11 is 1.93. The van der Waals surface area contributed by atoms with Crippen molar-refractivity contribution in [1.29, 1.82) is 0 Å². The molecular weight excluding hydrogens is 240 g/mol. The molecular formula is C15H24N2S. The van der Waals surface area contributed by atoms with E-state index in [2.05, 4.69) is 28.6 Å². The average Bonchev–Trinajstić information content (AvgIpc) is 3.07. The monoisotopic (exact) mass is 264 g/mol. The Hall–Kier alpha value is -0.380. The van der Waals surface area contributed by atoms with Gasteiger partial charge in [-0.2, -0.15) is 0 Å². The predicted molar refractivity (Wildman–Crippen MR) is 78.2 cm³/mol. The zero-order chi connectivity index (χ0) is 12.4. The maximum absolute atomic E-state index is 3.79. The number of nitrogens with one attached hydrogen (secondary N) is 1. The normalized spacial score (nSPS) is 25.5. The van der Waals surface area contributed by atoms with E-state index in [4.69, 9.17) is 0 Å². The van der Waals surface area contributed by atoms with Crippen molar-refractivity contribution in [3.05, 3.63) is 21.9 Å². The van der Waals surface area contributed by atoms with Crippen molar-refractivity contribution in [3.63, 3.8) is 0 Å². The van der Waals surface area contributed by atoms with Gasteiger partial charge in [0, 0.05) is 30.1 Å². The largest absolute Gasteiger partial charge is 0.310 e. The first-order valence-electron chi connectivity index (χ1n) is 7.39. The van der Waals surface area contributed by atoms with Crippen molar-refractivity contribution in [1.82, 2.24) is 10.2 Å². The van der Waals surface area contributed by atoms with E-state index < -0.39 is 0 Å². The highest BCUT2D eigenvalue weighted by Gasteiger charge is 2.27. The SMILES string of the molecule is CCc1ccsc1CN1CCCC(NC2CC2)C1. The van der Waals surface area contributed by atoms with E-state index in [-0.39, 0.29) is 0 Å². The van der Waals surface area contributed by atoms with Crippen LogP contribution in [-0.2, 0) is 13.0 Å². The Labute approximate surface area is 114 Å². The molecule has 18 heavy (non-hydrogen) atoms. The van der Waals surface area contributed by atoms with Crippen LogP contribution in [0.15, 0.2) is 11.4 Å². The number of rotatable bonds is 5. The maximum atomic E-state index is 3.79. The van der Waals surface area contributed by atoms with Crippen LogP contribution >= 0.6 is 11.3 Å². The lowest BCUT2D eigenvalue weighted by Gasteiger charge is -2.33. The second kappa shape index (κ2) is 5.72. The van der Waals surface area contributed by atoms with Crippen LogP contribution in [0.1, 0.15) is 43.0 Å². The minimum Gasteiger partial charge on any atom is -0.310 e. The van der Waals surface area contributed by atoms with Gasteiger partial charge in [-0.3, -0.25) is 4.90 Å². The molecule has 1 aliphatic heterocycles. The van der Waals surface area contributed by atoms with Crippen LogP contribution in [0.25, 0.3) is 0 Å². The zero-order valence-electron chi connectivity index (χ0n) is 11.3. The molecule has 3 rings (SSSR count). The van der Waals surface area contributed by atoms with Gasteiger partial charge in [0.05, 0.1) is 0 Å². The minimum absolute atomic E-state index is 0.747. The van der Waals surface area contributed by atoms with E-state index >= 15 is 0 Å². The Bertz CT molecular complexity index is 384. The summed E-state index contributed by atoms with van der Waals surface area (Å²) in [6.07, 6.45) is 6.72. The summed E-state index contributed by atoms with van der Waals surface area (Å²) in [7, 11) is 0. The van der Waals surface area contributed by atoms with Gasteiger partial charge in [0.2, 0.25) is 0 Å². The summed E-state index contributed by atoms with van der Waals surface area (Å²) < 4.78 is 0. The van der Waals surface area contributed by atoms with Crippen molar-refractivity contribution in [2.75, 3.05) is 13.1 Å². The van der Waals surface area contributed by atoms with Crippen molar-refractivity contribution in [2.24, 2.45) is 0 Å². The number of aryl methyl sites for hydroxylation is 1. The lowest BCUT2D eigenvalue weighted by molar-refractivity contribution is 0.183. The van der Waals surface area contributed by atoms with Crippen molar-refractivity contribution < 1.29 is 0 Å². The molecule has 3 heteroatoms. The molecule has 1 aromatic rings. The topological polar surface area (TPSA) is 15.3 Å². The van der Waals surface area contributed by atoms with E-state index in [1.165, 1.54) is 51.7 Å². The Morgan fingerprint density at radius 3 is 3.00 bits per heavy atom. The fraction of sp³-hybridized carbons (Fsp3) is 0.733. The molecule has 1 saturated carbocycles. The number of nitrogens with zero attached hydrogens (tertiary/aromatic N) is 1. The lowest BCUT2D eigenvalue weighted by atomic mass is 10.1. The molecule has 2 fully saturated rings. The van der Waals surface area contributed by atoms with Crippen LogP contribution in [0.3, 0.4) is 0 Å².